The number of hydrogen-bond acceptors (Lipinski definition) is 4. The molecule has 0 aromatic carbocycles. The third-order valence-corrected chi connectivity index (χ3v) is 6.24. The molecule has 138 valence electrons. The van der Waals surface area contributed by atoms with Crippen LogP contribution in [0.15, 0.2) is 11.4 Å². The van der Waals surface area contributed by atoms with Crippen molar-refractivity contribution < 1.29 is 9.59 Å². The van der Waals surface area contributed by atoms with Crippen molar-refractivity contribution in [3.05, 3.63) is 21.9 Å². The zero-order valence-corrected chi connectivity index (χ0v) is 15.9. The maximum absolute atomic E-state index is 12.9. The summed E-state index contributed by atoms with van der Waals surface area (Å²) in [7, 11) is 1.88. The summed E-state index contributed by atoms with van der Waals surface area (Å²) in [5, 5.41) is 8.22. The molecule has 1 fully saturated rings. The number of amides is 3. The number of rotatable bonds is 4. The number of hydrogen-bond donors (Lipinski definition) is 2. The first-order chi connectivity index (χ1) is 12.1. The van der Waals surface area contributed by atoms with Crippen LogP contribution in [-0.2, 0) is 17.8 Å². The molecule has 0 bridgehead atoms. The van der Waals surface area contributed by atoms with Gasteiger partial charge in [-0.2, -0.15) is 0 Å². The molecule has 6 nitrogen and oxygen atoms in total. The van der Waals surface area contributed by atoms with Gasteiger partial charge in [-0.25, -0.2) is 4.79 Å². The first kappa shape index (κ1) is 18.2. The summed E-state index contributed by atoms with van der Waals surface area (Å²) >= 11 is 1.78. The smallest absolute Gasteiger partial charge is 0.320 e. The van der Waals surface area contributed by atoms with Crippen LogP contribution in [0.4, 0.5) is 4.79 Å². The molecule has 2 aliphatic rings. The van der Waals surface area contributed by atoms with Crippen molar-refractivity contribution in [2.24, 2.45) is 5.92 Å². The van der Waals surface area contributed by atoms with Crippen LogP contribution in [0.3, 0.4) is 0 Å². The van der Waals surface area contributed by atoms with E-state index >= 15 is 0 Å². The van der Waals surface area contributed by atoms with E-state index in [4.69, 9.17) is 0 Å². The van der Waals surface area contributed by atoms with Crippen LogP contribution in [0.2, 0.25) is 0 Å². The summed E-state index contributed by atoms with van der Waals surface area (Å²) in [5.74, 6) is -0.0263. The predicted molar refractivity (Wildman–Crippen MR) is 99.7 cm³/mol. The number of urea groups is 1. The van der Waals surface area contributed by atoms with Crippen molar-refractivity contribution in [1.29, 1.82) is 0 Å². The number of thiophene rings is 1. The number of carbonyl (C=O) groups is 2. The minimum Gasteiger partial charge on any atom is -0.354 e. The first-order valence-corrected chi connectivity index (χ1v) is 10.0. The van der Waals surface area contributed by atoms with E-state index in [9.17, 15) is 9.59 Å². The van der Waals surface area contributed by atoms with Gasteiger partial charge in [-0.05, 0) is 50.2 Å². The number of likely N-dealkylation sites (tertiary alicyclic amines) is 1. The Labute approximate surface area is 153 Å². The van der Waals surface area contributed by atoms with Gasteiger partial charge in [0, 0.05) is 43.6 Å². The quantitative estimate of drug-likeness (QED) is 0.854. The molecule has 2 atom stereocenters. The van der Waals surface area contributed by atoms with E-state index in [1.165, 1.54) is 10.4 Å². The molecule has 2 N–H and O–H groups in total. The first-order valence-electron chi connectivity index (χ1n) is 9.12. The molecule has 1 aromatic rings. The number of fused-ring (bicyclic) bond motifs is 1. The van der Waals surface area contributed by atoms with Crippen molar-refractivity contribution >= 4 is 23.3 Å². The summed E-state index contributed by atoms with van der Waals surface area (Å²) in [5.41, 5.74) is 1.27. The van der Waals surface area contributed by atoms with Gasteiger partial charge in [0.15, 0.2) is 0 Å². The second kappa shape index (κ2) is 8.19. The predicted octanol–water partition coefficient (Wildman–Crippen LogP) is 1.66. The van der Waals surface area contributed by atoms with E-state index in [2.05, 4.69) is 22.1 Å². The van der Waals surface area contributed by atoms with Gasteiger partial charge in [0.25, 0.3) is 0 Å². The maximum Gasteiger partial charge on any atom is 0.320 e. The second-order valence-corrected chi connectivity index (χ2v) is 8.04. The lowest BCUT2D eigenvalue weighted by Gasteiger charge is -2.37. The Kier molecular flexibility index (Phi) is 5.96. The average molecular weight is 365 g/mol. The third kappa shape index (κ3) is 4.33. The van der Waals surface area contributed by atoms with E-state index in [1.54, 1.807) is 11.3 Å². The van der Waals surface area contributed by atoms with Crippen molar-refractivity contribution in [3.63, 3.8) is 0 Å². The van der Waals surface area contributed by atoms with Gasteiger partial charge in [0.05, 0.1) is 5.92 Å². The highest BCUT2D eigenvalue weighted by molar-refractivity contribution is 7.10. The number of piperidine rings is 1. The normalized spacial score (nSPS) is 21.6. The molecule has 0 spiro atoms. The molecule has 2 unspecified atom stereocenters. The Morgan fingerprint density at radius 3 is 3.00 bits per heavy atom. The zero-order valence-electron chi connectivity index (χ0n) is 15.1. The van der Waals surface area contributed by atoms with Crippen LogP contribution in [0.1, 0.15) is 30.2 Å². The largest absolute Gasteiger partial charge is 0.354 e. The molecule has 3 heterocycles. The van der Waals surface area contributed by atoms with E-state index in [0.29, 0.717) is 19.6 Å². The van der Waals surface area contributed by atoms with Crippen molar-refractivity contribution in [3.8, 4) is 0 Å². The summed E-state index contributed by atoms with van der Waals surface area (Å²) in [6, 6.07) is 2.45. The van der Waals surface area contributed by atoms with Gasteiger partial charge >= 0.3 is 6.03 Å². The molecule has 0 saturated carbocycles. The van der Waals surface area contributed by atoms with E-state index < -0.39 is 0 Å². The van der Waals surface area contributed by atoms with Gasteiger partial charge in [-0.3, -0.25) is 4.79 Å². The average Bonchev–Trinajstić information content (AvgIpc) is 3.13. The van der Waals surface area contributed by atoms with Gasteiger partial charge < -0.3 is 20.4 Å². The Bertz CT molecular complexity index is 618. The Morgan fingerprint density at radius 2 is 2.20 bits per heavy atom. The third-order valence-electron chi connectivity index (χ3n) is 5.22. The lowest BCUT2D eigenvalue weighted by Crippen LogP contribution is -2.51. The minimum atomic E-state index is -0.0942. The molecule has 25 heavy (non-hydrogen) atoms. The van der Waals surface area contributed by atoms with Crippen molar-refractivity contribution in [2.75, 3.05) is 33.2 Å². The summed E-state index contributed by atoms with van der Waals surface area (Å²) in [6.45, 7) is 5.41. The second-order valence-electron chi connectivity index (χ2n) is 7.04. The Morgan fingerprint density at radius 1 is 1.36 bits per heavy atom. The maximum atomic E-state index is 12.9. The van der Waals surface area contributed by atoms with Crippen LogP contribution in [0, 0.1) is 5.92 Å². The molecule has 3 rings (SSSR count). The lowest BCUT2D eigenvalue weighted by atomic mass is 9.97. The molecule has 3 amide bonds. The standard InChI is InChI=1S/C18H28N4O2S/c1-13(19-2)10-20-17(23)15-4-3-7-21(12-15)18(24)22-8-5-16-14(11-22)6-9-25-16/h6,9,13,15,19H,3-5,7-8,10-12H2,1-2H3,(H,20,23). The Hall–Kier alpha value is -1.60. The fraction of sp³-hybridized carbons (Fsp3) is 0.667. The molecular formula is C18H28N4O2S. The van der Waals surface area contributed by atoms with Crippen molar-refractivity contribution in [1.82, 2.24) is 20.4 Å². The Balaban J connectivity index is 1.54. The summed E-state index contributed by atoms with van der Waals surface area (Å²) in [4.78, 5) is 30.5. The summed E-state index contributed by atoms with van der Waals surface area (Å²) < 4.78 is 0. The molecule has 1 aromatic heterocycles. The highest BCUT2D eigenvalue weighted by Crippen LogP contribution is 2.26. The SMILES string of the molecule is CNC(C)CNC(=O)C1CCCN(C(=O)N2CCc3sccc3C2)C1. The number of likely N-dealkylation sites (N-methyl/N-ethyl adjacent to an activating group) is 1. The van der Waals surface area contributed by atoms with Crippen molar-refractivity contribution in [2.45, 2.75) is 38.8 Å². The van der Waals surface area contributed by atoms with Crippen LogP contribution >= 0.6 is 11.3 Å². The van der Waals surface area contributed by atoms with Gasteiger partial charge in [0.1, 0.15) is 0 Å². The van der Waals surface area contributed by atoms with E-state index in [-0.39, 0.29) is 23.9 Å². The van der Waals surface area contributed by atoms with Gasteiger partial charge in [-0.15, -0.1) is 11.3 Å². The molecule has 7 heteroatoms. The van der Waals surface area contributed by atoms with Crippen LogP contribution < -0.4 is 10.6 Å². The van der Waals surface area contributed by atoms with Gasteiger partial charge in [0.2, 0.25) is 5.91 Å². The molecule has 0 radical (unpaired) electrons. The number of nitrogens with one attached hydrogen (secondary N) is 2. The minimum absolute atomic E-state index is 0.0679. The fourth-order valence-electron chi connectivity index (χ4n) is 3.48. The van der Waals surface area contributed by atoms with E-state index in [1.807, 2.05) is 23.8 Å². The van der Waals surface area contributed by atoms with Crippen LogP contribution in [0.25, 0.3) is 0 Å². The number of carbonyl (C=O) groups excluding carboxylic acids is 2. The molecule has 0 aliphatic carbocycles. The highest BCUT2D eigenvalue weighted by Gasteiger charge is 2.32. The van der Waals surface area contributed by atoms with E-state index in [0.717, 1.165) is 32.4 Å². The fourth-order valence-corrected chi connectivity index (χ4v) is 4.37. The van der Waals surface area contributed by atoms with Gasteiger partial charge in [-0.1, -0.05) is 0 Å². The molecule has 2 aliphatic heterocycles. The number of nitrogens with zero attached hydrogens (tertiary/aromatic N) is 2. The topological polar surface area (TPSA) is 64.7 Å². The zero-order chi connectivity index (χ0) is 17.8. The molecular weight excluding hydrogens is 336 g/mol. The highest BCUT2D eigenvalue weighted by atomic mass is 32.1. The molecule has 1 saturated heterocycles. The van der Waals surface area contributed by atoms with Crippen LogP contribution in [0.5, 0.6) is 0 Å². The lowest BCUT2D eigenvalue weighted by molar-refractivity contribution is -0.126. The van der Waals surface area contributed by atoms with Crippen LogP contribution in [-0.4, -0.2) is 61.0 Å². The summed E-state index contributed by atoms with van der Waals surface area (Å²) in [6.07, 6.45) is 2.69. The monoisotopic (exact) mass is 364 g/mol.